The van der Waals surface area contributed by atoms with Crippen molar-refractivity contribution in [3.8, 4) is 0 Å². The molecule has 0 aromatic heterocycles. The highest BCUT2D eigenvalue weighted by Crippen LogP contribution is 2.24. The minimum Gasteiger partial charge on any atom is -0.394 e. The standard InChI is InChI=1S/C2H6O2.C2H5P/c3-1-2-4;1-2-3-1/h3-4H,1-2H2;3H,1-2H2. The molecule has 0 aromatic rings. The van der Waals surface area contributed by atoms with Crippen molar-refractivity contribution in [2.24, 2.45) is 0 Å². The Bertz CT molecular complexity index is 26.1. The maximum atomic E-state index is 7.62. The van der Waals surface area contributed by atoms with Gasteiger partial charge in [-0.05, 0) is 12.3 Å². The van der Waals surface area contributed by atoms with Gasteiger partial charge in [-0.1, -0.05) is 0 Å². The van der Waals surface area contributed by atoms with E-state index in [0.717, 1.165) is 0 Å². The molecule has 0 radical (unpaired) electrons. The topological polar surface area (TPSA) is 40.5 Å². The van der Waals surface area contributed by atoms with E-state index < -0.39 is 0 Å². The summed E-state index contributed by atoms with van der Waals surface area (Å²) in [5.74, 6) is 0. The van der Waals surface area contributed by atoms with Crippen LogP contribution in [0.5, 0.6) is 0 Å². The molecule has 1 aliphatic rings. The number of aliphatic hydroxyl groups is 2. The van der Waals surface area contributed by atoms with Crippen LogP contribution in [0, 0.1) is 0 Å². The molecule has 1 heterocycles. The van der Waals surface area contributed by atoms with E-state index in [1.165, 1.54) is 20.9 Å². The fraction of sp³-hybridized carbons (Fsp3) is 1.00. The summed E-state index contributed by atoms with van der Waals surface area (Å²) in [6.45, 7) is -0.250. The van der Waals surface area contributed by atoms with Gasteiger partial charge in [0.2, 0.25) is 0 Å². The summed E-state index contributed by atoms with van der Waals surface area (Å²) >= 11 is 0. The van der Waals surface area contributed by atoms with Crippen LogP contribution in [0.2, 0.25) is 0 Å². The molecule has 44 valence electrons. The van der Waals surface area contributed by atoms with E-state index in [4.69, 9.17) is 10.2 Å². The van der Waals surface area contributed by atoms with Gasteiger partial charge in [0.15, 0.2) is 0 Å². The fourth-order valence-electron chi connectivity index (χ4n) is 0. The lowest BCUT2D eigenvalue weighted by Crippen LogP contribution is -1.85. The van der Waals surface area contributed by atoms with Crippen LogP contribution < -0.4 is 0 Å². The van der Waals surface area contributed by atoms with Crippen molar-refractivity contribution in [3.05, 3.63) is 0 Å². The van der Waals surface area contributed by atoms with Crippen molar-refractivity contribution < 1.29 is 10.2 Å². The van der Waals surface area contributed by atoms with Gasteiger partial charge < -0.3 is 10.2 Å². The van der Waals surface area contributed by atoms with E-state index in [-0.39, 0.29) is 13.2 Å². The smallest absolute Gasteiger partial charge is 0.0662 e. The first kappa shape index (κ1) is 7.35. The zero-order valence-electron chi connectivity index (χ0n) is 4.22. The summed E-state index contributed by atoms with van der Waals surface area (Å²) in [5.41, 5.74) is 0. The third-order valence-electron chi connectivity index (χ3n) is 0.350. The predicted molar refractivity (Wildman–Crippen MR) is 32.2 cm³/mol. The lowest BCUT2D eigenvalue weighted by atomic mass is 10.8. The summed E-state index contributed by atoms with van der Waals surface area (Å²) < 4.78 is 0. The summed E-state index contributed by atoms with van der Waals surface area (Å²) in [7, 11) is 1.33. The molecule has 0 aliphatic carbocycles. The van der Waals surface area contributed by atoms with E-state index in [1.54, 1.807) is 0 Å². The highest BCUT2D eigenvalue weighted by Gasteiger charge is 1.94. The second-order valence-corrected chi connectivity index (χ2v) is 2.70. The molecule has 0 saturated carbocycles. The highest BCUT2D eigenvalue weighted by atomic mass is 31.1. The molecule has 0 spiro atoms. The van der Waals surface area contributed by atoms with Crippen molar-refractivity contribution in [2.45, 2.75) is 0 Å². The third kappa shape index (κ3) is 21.8. The molecular weight excluding hydrogens is 111 g/mol. The molecule has 0 atom stereocenters. The Morgan fingerprint density at radius 1 is 1.14 bits per heavy atom. The molecule has 3 heteroatoms. The zero-order valence-corrected chi connectivity index (χ0v) is 5.22. The highest BCUT2D eigenvalue weighted by molar-refractivity contribution is 7.46. The first-order valence-corrected chi connectivity index (χ1v) is 3.75. The second-order valence-electron chi connectivity index (χ2n) is 1.20. The Kier molecular flexibility index (Phi) is 6.67. The Morgan fingerprint density at radius 2 is 1.43 bits per heavy atom. The number of rotatable bonds is 1. The average Bonchev–Trinajstić information content (AvgIpc) is 2.47. The summed E-state index contributed by atoms with van der Waals surface area (Å²) in [6.07, 6.45) is 3.06. The van der Waals surface area contributed by atoms with Gasteiger partial charge in [-0.15, -0.1) is 8.58 Å². The van der Waals surface area contributed by atoms with E-state index in [0.29, 0.717) is 0 Å². The van der Waals surface area contributed by atoms with Gasteiger partial charge in [-0.2, -0.15) is 0 Å². The maximum Gasteiger partial charge on any atom is 0.0662 e. The maximum absolute atomic E-state index is 7.62. The monoisotopic (exact) mass is 122 g/mol. The van der Waals surface area contributed by atoms with Gasteiger partial charge in [0, 0.05) is 0 Å². The van der Waals surface area contributed by atoms with Crippen molar-refractivity contribution in [1.29, 1.82) is 0 Å². The van der Waals surface area contributed by atoms with E-state index in [2.05, 4.69) is 0 Å². The van der Waals surface area contributed by atoms with E-state index in [9.17, 15) is 0 Å². The fourth-order valence-corrected chi connectivity index (χ4v) is 0. The molecule has 1 saturated heterocycles. The molecule has 1 fully saturated rings. The molecule has 2 nitrogen and oxygen atoms in total. The molecule has 0 bridgehead atoms. The van der Waals surface area contributed by atoms with Crippen molar-refractivity contribution in [3.63, 3.8) is 0 Å². The van der Waals surface area contributed by atoms with Crippen LogP contribution in [0.1, 0.15) is 0 Å². The normalized spacial score (nSPS) is 14.6. The van der Waals surface area contributed by atoms with Gasteiger partial charge in [-0.3, -0.25) is 0 Å². The Labute approximate surface area is 45.3 Å². The molecule has 0 unspecified atom stereocenters. The minimum atomic E-state index is -0.125. The van der Waals surface area contributed by atoms with Gasteiger partial charge in [-0.25, -0.2) is 0 Å². The van der Waals surface area contributed by atoms with Crippen LogP contribution in [0.4, 0.5) is 0 Å². The lowest BCUT2D eigenvalue weighted by molar-refractivity contribution is 0.186. The summed E-state index contributed by atoms with van der Waals surface area (Å²) in [4.78, 5) is 0. The zero-order chi connectivity index (χ0) is 5.54. The molecule has 1 rings (SSSR count). The number of hydrogen-bond donors (Lipinski definition) is 2. The molecule has 7 heavy (non-hydrogen) atoms. The molecular formula is C4H11O2P. The van der Waals surface area contributed by atoms with Crippen LogP contribution >= 0.6 is 8.58 Å². The second kappa shape index (κ2) is 6.35. The number of aliphatic hydroxyl groups excluding tert-OH is 2. The van der Waals surface area contributed by atoms with Crippen LogP contribution in [-0.4, -0.2) is 35.8 Å². The van der Waals surface area contributed by atoms with Crippen LogP contribution in [0.3, 0.4) is 0 Å². The van der Waals surface area contributed by atoms with Crippen molar-refractivity contribution >= 4 is 8.58 Å². The quantitative estimate of drug-likeness (QED) is 0.467. The Morgan fingerprint density at radius 3 is 1.43 bits per heavy atom. The minimum absolute atomic E-state index is 0.125. The van der Waals surface area contributed by atoms with E-state index >= 15 is 0 Å². The first-order valence-electron chi connectivity index (χ1n) is 2.34. The molecule has 0 amide bonds. The van der Waals surface area contributed by atoms with Crippen LogP contribution in [0.15, 0.2) is 0 Å². The molecule has 0 aromatic carbocycles. The predicted octanol–water partition coefficient (Wildman–Crippen LogP) is -0.350. The van der Waals surface area contributed by atoms with Crippen molar-refractivity contribution in [1.82, 2.24) is 0 Å². The van der Waals surface area contributed by atoms with Crippen LogP contribution in [0.25, 0.3) is 0 Å². The van der Waals surface area contributed by atoms with E-state index in [1.807, 2.05) is 0 Å². The lowest BCUT2D eigenvalue weighted by Gasteiger charge is -1.70. The Balaban J connectivity index is 0.000000105. The van der Waals surface area contributed by atoms with Gasteiger partial charge in [0.1, 0.15) is 0 Å². The number of hydrogen-bond acceptors (Lipinski definition) is 2. The van der Waals surface area contributed by atoms with Crippen LogP contribution in [-0.2, 0) is 0 Å². The summed E-state index contributed by atoms with van der Waals surface area (Å²) in [6, 6.07) is 0. The van der Waals surface area contributed by atoms with Gasteiger partial charge >= 0.3 is 0 Å². The molecule has 1 aliphatic heterocycles. The largest absolute Gasteiger partial charge is 0.394 e. The SMILES string of the molecule is C1CP1.OCCO. The van der Waals surface area contributed by atoms with Gasteiger partial charge in [0.05, 0.1) is 13.2 Å². The van der Waals surface area contributed by atoms with Gasteiger partial charge in [0.25, 0.3) is 0 Å². The van der Waals surface area contributed by atoms with Crippen molar-refractivity contribution in [2.75, 3.05) is 25.5 Å². The Hall–Kier alpha value is 0.350. The average molecular weight is 122 g/mol. The summed E-state index contributed by atoms with van der Waals surface area (Å²) in [5, 5.41) is 15.2. The first-order chi connectivity index (χ1) is 3.41. The molecule has 2 N–H and O–H groups in total. The third-order valence-corrected chi connectivity index (χ3v) is 0.850.